The number of hydrogen-bond donors (Lipinski definition) is 1. The van der Waals surface area contributed by atoms with Crippen molar-refractivity contribution in [3.05, 3.63) is 35.9 Å². The molecule has 33 heavy (non-hydrogen) atoms. The number of nitrogens with one attached hydrogen (secondary N) is 1. The van der Waals surface area contributed by atoms with Gasteiger partial charge in [0.05, 0.1) is 17.0 Å². The fourth-order valence-corrected chi connectivity index (χ4v) is 7.00. The Bertz CT molecular complexity index is 959. The van der Waals surface area contributed by atoms with Crippen molar-refractivity contribution < 1.29 is 18.0 Å². The minimum absolute atomic E-state index is 0.00414. The van der Waals surface area contributed by atoms with Crippen LogP contribution in [0.2, 0.25) is 0 Å². The second kappa shape index (κ2) is 9.25. The molecule has 182 valence electrons. The lowest BCUT2D eigenvalue weighted by Crippen LogP contribution is -2.55. The first kappa shape index (κ1) is 24.0. The first-order chi connectivity index (χ1) is 15.7. The third kappa shape index (κ3) is 4.62. The van der Waals surface area contributed by atoms with E-state index in [4.69, 9.17) is 0 Å². The van der Waals surface area contributed by atoms with E-state index >= 15 is 0 Å². The minimum Gasteiger partial charge on any atom is -0.339 e. The van der Waals surface area contributed by atoms with Crippen molar-refractivity contribution in [2.75, 3.05) is 51.3 Å². The van der Waals surface area contributed by atoms with Crippen LogP contribution in [0.25, 0.3) is 0 Å². The van der Waals surface area contributed by atoms with Gasteiger partial charge in [0.1, 0.15) is 6.54 Å². The summed E-state index contributed by atoms with van der Waals surface area (Å²) in [7, 11) is -1.04. The van der Waals surface area contributed by atoms with Gasteiger partial charge in [0, 0.05) is 31.7 Å². The molecule has 0 aromatic heterocycles. The van der Waals surface area contributed by atoms with Crippen molar-refractivity contribution in [2.24, 2.45) is 0 Å². The van der Waals surface area contributed by atoms with Crippen LogP contribution in [-0.4, -0.2) is 91.9 Å². The standard InChI is InChI=1S/C24H36N4O4S/c1-3-13-28-22(30)27(18-21(29)26-14-16-33(31,32)17-15-26)19-23(28)9-11-24(25-2,12-10-23)20-7-5-4-6-8-20/h4-8,25H,3,9-19H2,1-2H3. The van der Waals surface area contributed by atoms with Crippen LogP contribution in [0.3, 0.4) is 0 Å². The molecule has 1 spiro atoms. The molecule has 3 amide bonds. The van der Waals surface area contributed by atoms with E-state index in [-0.39, 0.29) is 54.2 Å². The molecule has 3 fully saturated rings. The monoisotopic (exact) mass is 476 g/mol. The van der Waals surface area contributed by atoms with Crippen LogP contribution in [0, 0.1) is 0 Å². The summed E-state index contributed by atoms with van der Waals surface area (Å²) in [5.41, 5.74) is 0.921. The van der Waals surface area contributed by atoms with E-state index in [0.29, 0.717) is 13.1 Å². The molecule has 1 aromatic carbocycles. The number of benzene rings is 1. The van der Waals surface area contributed by atoms with Gasteiger partial charge in [-0.15, -0.1) is 0 Å². The summed E-state index contributed by atoms with van der Waals surface area (Å²) in [6.45, 7) is 3.77. The normalized spacial score (nSPS) is 29.6. The highest BCUT2D eigenvalue weighted by Gasteiger charge is 2.53. The average Bonchev–Trinajstić information content (AvgIpc) is 3.06. The summed E-state index contributed by atoms with van der Waals surface area (Å²) in [6, 6.07) is 10.4. The van der Waals surface area contributed by atoms with Crippen molar-refractivity contribution in [3.8, 4) is 0 Å². The van der Waals surface area contributed by atoms with Gasteiger partial charge in [0.15, 0.2) is 9.84 Å². The van der Waals surface area contributed by atoms with E-state index in [2.05, 4.69) is 36.5 Å². The van der Waals surface area contributed by atoms with Gasteiger partial charge in [-0.1, -0.05) is 37.3 Å². The number of urea groups is 1. The molecule has 2 aliphatic heterocycles. The van der Waals surface area contributed by atoms with Crippen LogP contribution in [0.4, 0.5) is 4.79 Å². The zero-order chi connectivity index (χ0) is 23.7. The summed E-state index contributed by atoms with van der Waals surface area (Å²) in [6.07, 6.45) is 4.47. The predicted octanol–water partition coefficient (Wildman–Crippen LogP) is 1.82. The van der Waals surface area contributed by atoms with Gasteiger partial charge in [-0.25, -0.2) is 13.2 Å². The first-order valence-electron chi connectivity index (χ1n) is 12.0. The molecule has 1 saturated carbocycles. The maximum Gasteiger partial charge on any atom is 0.321 e. The number of carbonyl (C=O) groups excluding carboxylic acids is 2. The van der Waals surface area contributed by atoms with Gasteiger partial charge in [0.25, 0.3) is 0 Å². The molecule has 1 aliphatic carbocycles. The van der Waals surface area contributed by atoms with Crippen LogP contribution in [0.5, 0.6) is 0 Å². The lowest BCUT2D eigenvalue weighted by Gasteiger charge is -2.48. The Morgan fingerprint density at radius 3 is 2.27 bits per heavy atom. The Labute approximate surface area is 197 Å². The van der Waals surface area contributed by atoms with E-state index in [1.54, 1.807) is 9.80 Å². The number of rotatable bonds is 6. The van der Waals surface area contributed by atoms with Crippen LogP contribution in [-0.2, 0) is 20.2 Å². The Morgan fingerprint density at radius 2 is 1.70 bits per heavy atom. The summed E-state index contributed by atoms with van der Waals surface area (Å²) >= 11 is 0. The van der Waals surface area contributed by atoms with Crippen LogP contribution in [0.15, 0.2) is 30.3 Å². The molecule has 0 bridgehead atoms. The molecule has 0 atom stereocenters. The SMILES string of the molecule is CCCN1C(=O)N(CC(=O)N2CCS(=O)(=O)CC2)CC12CCC(NC)(c1ccccc1)CC2. The zero-order valence-electron chi connectivity index (χ0n) is 19.8. The number of hydrogen-bond acceptors (Lipinski definition) is 5. The largest absolute Gasteiger partial charge is 0.339 e. The van der Waals surface area contributed by atoms with E-state index in [1.165, 1.54) is 5.56 Å². The van der Waals surface area contributed by atoms with Gasteiger partial charge in [-0.05, 0) is 44.7 Å². The highest BCUT2D eigenvalue weighted by molar-refractivity contribution is 7.91. The third-order valence-electron chi connectivity index (χ3n) is 7.87. The fraction of sp³-hybridized carbons (Fsp3) is 0.667. The molecule has 0 unspecified atom stereocenters. The van der Waals surface area contributed by atoms with E-state index < -0.39 is 9.84 Å². The maximum absolute atomic E-state index is 13.4. The Morgan fingerprint density at radius 1 is 1.06 bits per heavy atom. The van der Waals surface area contributed by atoms with Gasteiger partial charge >= 0.3 is 6.03 Å². The van der Waals surface area contributed by atoms with Gasteiger partial charge in [-0.2, -0.15) is 0 Å². The van der Waals surface area contributed by atoms with Gasteiger partial charge in [-0.3, -0.25) is 4.79 Å². The smallest absolute Gasteiger partial charge is 0.321 e. The molecule has 2 heterocycles. The highest BCUT2D eigenvalue weighted by atomic mass is 32.2. The van der Waals surface area contributed by atoms with Crippen LogP contribution < -0.4 is 5.32 Å². The Hall–Kier alpha value is -2.13. The van der Waals surface area contributed by atoms with Crippen LogP contribution >= 0.6 is 0 Å². The molecule has 2 saturated heterocycles. The summed E-state index contributed by atoms with van der Waals surface area (Å²) in [5, 5.41) is 3.56. The molecular weight excluding hydrogens is 440 g/mol. The molecule has 0 radical (unpaired) electrons. The van der Waals surface area contributed by atoms with Crippen molar-refractivity contribution >= 4 is 21.8 Å². The number of carbonyl (C=O) groups is 2. The Balaban J connectivity index is 1.47. The molecule has 3 aliphatic rings. The van der Waals surface area contributed by atoms with Crippen LogP contribution in [0.1, 0.15) is 44.6 Å². The van der Waals surface area contributed by atoms with E-state index in [1.807, 2.05) is 18.0 Å². The van der Waals surface area contributed by atoms with E-state index in [0.717, 1.165) is 32.1 Å². The minimum atomic E-state index is -3.05. The van der Waals surface area contributed by atoms with Crippen molar-refractivity contribution in [1.29, 1.82) is 0 Å². The topological polar surface area (TPSA) is 90.0 Å². The first-order valence-corrected chi connectivity index (χ1v) is 13.9. The molecule has 4 rings (SSSR count). The average molecular weight is 477 g/mol. The van der Waals surface area contributed by atoms with E-state index in [9.17, 15) is 18.0 Å². The number of sulfone groups is 1. The summed E-state index contributed by atoms with van der Waals surface area (Å²) in [5.74, 6) is -0.148. The maximum atomic E-state index is 13.4. The van der Waals surface area contributed by atoms with Gasteiger partial charge < -0.3 is 20.0 Å². The van der Waals surface area contributed by atoms with Crippen molar-refractivity contribution in [2.45, 2.75) is 50.1 Å². The quantitative estimate of drug-likeness (QED) is 0.677. The molecule has 1 aromatic rings. The molecule has 1 N–H and O–H groups in total. The zero-order valence-corrected chi connectivity index (χ0v) is 20.6. The molecule has 9 heteroatoms. The lowest BCUT2D eigenvalue weighted by atomic mass is 9.69. The van der Waals surface area contributed by atoms with Crippen molar-refractivity contribution in [1.82, 2.24) is 20.0 Å². The molecule has 8 nitrogen and oxygen atoms in total. The fourth-order valence-electron chi connectivity index (χ4n) is 5.80. The summed E-state index contributed by atoms with van der Waals surface area (Å²) < 4.78 is 23.4. The lowest BCUT2D eigenvalue weighted by molar-refractivity contribution is -0.131. The number of nitrogens with zero attached hydrogens (tertiary/aromatic N) is 3. The second-order valence-corrected chi connectivity index (χ2v) is 12.0. The highest BCUT2D eigenvalue weighted by Crippen LogP contribution is 2.46. The predicted molar refractivity (Wildman–Crippen MR) is 128 cm³/mol. The summed E-state index contributed by atoms with van der Waals surface area (Å²) in [4.78, 5) is 31.5. The molecular formula is C24H36N4O4S. The third-order valence-corrected chi connectivity index (χ3v) is 9.48. The second-order valence-electron chi connectivity index (χ2n) is 9.75. The van der Waals surface area contributed by atoms with Crippen molar-refractivity contribution in [3.63, 3.8) is 0 Å². The number of amides is 3. The van der Waals surface area contributed by atoms with Gasteiger partial charge in [0.2, 0.25) is 5.91 Å². The Kier molecular flexibility index (Phi) is 6.73.